The van der Waals surface area contributed by atoms with E-state index in [1.165, 1.54) is 7.11 Å². The Bertz CT molecular complexity index is 656. The van der Waals surface area contributed by atoms with Gasteiger partial charge in [-0.25, -0.2) is 4.79 Å². The molecule has 2 aliphatic heterocycles. The summed E-state index contributed by atoms with van der Waals surface area (Å²) in [5.74, 6) is -0.429. The van der Waals surface area contributed by atoms with Crippen LogP contribution in [0.25, 0.3) is 0 Å². The van der Waals surface area contributed by atoms with Gasteiger partial charge in [0.1, 0.15) is 5.78 Å². The zero-order valence-corrected chi connectivity index (χ0v) is 13.5. The van der Waals surface area contributed by atoms with Crippen LogP contribution < -0.4 is 0 Å². The van der Waals surface area contributed by atoms with Gasteiger partial charge in [-0.3, -0.25) is 9.69 Å². The summed E-state index contributed by atoms with van der Waals surface area (Å²) in [4.78, 5) is 26.8. The second kappa shape index (κ2) is 5.49. The molecule has 5 atom stereocenters. The standard InChI is InChI=1S/C18H21NO4/c1-11-13-9-10-14(19(13)17(22)23-3)18(2,15(11)20)16(21)12-7-5-4-6-8-12/h4-11,13-14,16,21H,1-3H3/t11-,13+,14-,16+,18-/m1/s1. The number of Topliss-reactive ketones (excluding diaryl/α,β-unsaturated/α-hetero) is 1. The van der Waals surface area contributed by atoms with Gasteiger partial charge in [-0.1, -0.05) is 49.4 Å². The zero-order valence-electron chi connectivity index (χ0n) is 13.5. The molecule has 5 heteroatoms. The SMILES string of the molecule is COC(=O)N1[C@H]2C=C[C@@H]1[C@@](C)([C@@H](O)c1ccccc1)C(=O)[C@@H]2C. The number of aliphatic hydroxyl groups excluding tert-OH is 1. The Kier molecular flexibility index (Phi) is 3.76. The molecule has 23 heavy (non-hydrogen) atoms. The third-order valence-corrected chi connectivity index (χ3v) is 5.25. The second-order valence-corrected chi connectivity index (χ2v) is 6.45. The molecule has 0 unspecified atom stereocenters. The van der Waals surface area contributed by atoms with E-state index >= 15 is 0 Å². The first kappa shape index (κ1) is 15.7. The van der Waals surface area contributed by atoms with Crippen molar-refractivity contribution >= 4 is 11.9 Å². The molecule has 1 fully saturated rings. The summed E-state index contributed by atoms with van der Waals surface area (Å²) in [5.41, 5.74) is -0.447. The molecule has 0 saturated carbocycles. The summed E-state index contributed by atoms with van der Waals surface area (Å²) >= 11 is 0. The molecule has 1 aromatic rings. The minimum Gasteiger partial charge on any atom is -0.453 e. The number of amides is 1. The molecule has 5 nitrogen and oxygen atoms in total. The molecule has 1 N–H and O–H groups in total. The van der Waals surface area contributed by atoms with Crippen LogP contribution in [0.3, 0.4) is 0 Å². The minimum atomic E-state index is -1.11. The summed E-state index contributed by atoms with van der Waals surface area (Å²) in [6.45, 7) is 3.53. The summed E-state index contributed by atoms with van der Waals surface area (Å²) in [6.07, 6.45) is 2.23. The van der Waals surface area contributed by atoms with Crippen molar-refractivity contribution in [1.82, 2.24) is 4.90 Å². The van der Waals surface area contributed by atoms with Crippen LogP contribution in [0.2, 0.25) is 0 Å². The number of carbonyl (C=O) groups is 2. The van der Waals surface area contributed by atoms with Crippen LogP contribution in [0, 0.1) is 11.3 Å². The molecular formula is C18H21NO4. The number of nitrogens with zero attached hydrogens (tertiary/aromatic N) is 1. The van der Waals surface area contributed by atoms with Crippen molar-refractivity contribution in [2.75, 3.05) is 7.11 Å². The first-order chi connectivity index (χ1) is 10.9. The van der Waals surface area contributed by atoms with Crippen molar-refractivity contribution in [3.63, 3.8) is 0 Å². The van der Waals surface area contributed by atoms with Crippen molar-refractivity contribution in [2.24, 2.45) is 11.3 Å². The highest BCUT2D eigenvalue weighted by Crippen LogP contribution is 2.50. The van der Waals surface area contributed by atoms with Gasteiger partial charge in [0.05, 0.1) is 30.7 Å². The van der Waals surface area contributed by atoms with Crippen molar-refractivity contribution < 1.29 is 19.4 Å². The van der Waals surface area contributed by atoms with Crippen molar-refractivity contribution in [1.29, 1.82) is 0 Å². The van der Waals surface area contributed by atoms with E-state index in [-0.39, 0.29) is 11.8 Å². The molecule has 1 saturated heterocycles. The number of fused-ring (bicyclic) bond motifs is 2. The maximum absolute atomic E-state index is 13.0. The number of ketones is 1. The van der Waals surface area contributed by atoms with Crippen LogP contribution in [0.1, 0.15) is 25.5 Å². The van der Waals surface area contributed by atoms with E-state index in [0.29, 0.717) is 5.56 Å². The number of rotatable bonds is 2. The number of benzene rings is 1. The number of piperidine rings is 1. The average Bonchev–Trinajstić information content (AvgIpc) is 3.00. The molecule has 3 rings (SSSR count). The fourth-order valence-corrected chi connectivity index (χ4v) is 3.90. The van der Waals surface area contributed by atoms with E-state index in [9.17, 15) is 14.7 Å². The molecule has 0 spiro atoms. The lowest BCUT2D eigenvalue weighted by atomic mass is 9.65. The van der Waals surface area contributed by atoms with Gasteiger partial charge in [-0.2, -0.15) is 0 Å². The molecule has 0 aromatic heterocycles. The highest BCUT2D eigenvalue weighted by molar-refractivity contribution is 5.92. The highest BCUT2D eigenvalue weighted by atomic mass is 16.5. The molecule has 2 bridgehead atoms. The number of hydrogen-bond donors (Lipinski definition) is 1. The number of methoxy groups -OCH3 is 1. The van der Waals surface area contributed by atoms with Crippen LogP contribution in [-0.2, 0) is 9.53 Å². The van der Waals surface area contributed by atoms with Gasteiger partial charge < -0.3 is 9.84 Å². The Morgan fingerprint density at radius 1 is 1.30 bits per heavy atom. The van der Waals surface area contributed by atoms with Gasteiger partial charge in [0.2, 0.25) is 0 Å². The third kappa shape index (κ3) is 2.10. The number of carbonyl (C=O) groups excluding carboxylic acids is 2. The van der Waals surface area contributed by atoms with E-state index in [2.05, 4.69) is 0 Å². The lowest BCUT2D eigenvalue weighted by Gasteiger charge is -2.49. The quantitative estimate of drug-likeness (QED) is 0.851. The Hall–Kier alpha value is -2.14. The van der Waals surface area contributed by atoms with E-state index in [1.807, 2.05) is 30.4 Å². The van der Waals surface area contributed by atoms with Gasteiger partial charge in [-0.05, 0) is 12.5 Å². The van der Waals surface area contributed by atoms with Crippen LogP contribution in [0.15, 0.2) is 42.5 Å². The van der Waals surface area contributed by atoms with E-state index < -0.39 is 29.6 Å². The maximum atomic E-state index is 13.0. The van der Waals surface area contributed by atoms with Crippen LogP contribution in [-0.4, -0.2) is 41.1 Å². The van der Waals surface area contributed by atoms with E-state index in [1.54, 1.807) is 30.9 Å². The second-order valence-electron chi connectivity index (χ2n) is 6.45. The first-order valence-corrected chi connectivity index (χ1v) is 7.74. The van der Waals surface area contributed by atoms with Crippen molar-refractivity contribution in [3.05, 3.63) is 48.0 Å². The first-order valence-electron chi connectivity index (χ1n) is 7.74. The fourth-order valence-electron chi connectivity index (χ4n) is 3.90. The molecule has 2 aliphatic rings. The summed E-state index contributed by atoms with van der Waals surface area (Å²) in [7, 11) is 1.33. The van der Waals surface area contributed by atoms with Gasteiger partial charge in [0, 0.05) is 5.92 Å². The molecule has 1 amide bonds. The summed E-state index contributed by atoms with van der Waals surface area (Å²) in [6, 6.07) is 8.27. The topological polar surface area (TPSA) is 66.8 Å². The lowest BCUT2D eigenvalue weighted by Crippen LogP contribution is -2.63. The van der Waals surface area contributed by atoms with Gasteiger partial charge in [-0.15, -0.1) is 0 Å². The maximum Gasteiger partial charge on any atom is 0.410 e. The molecule has 1 aromatic carbocycles. The average molecular weight is 315 g/mol. The Balaban J connectivity index is 2.07. The van der Waals surface area contributed by atoms with Gasteiger partial charge >= 0.3 is 6.09 Å². The largest absolute Gasteiger partial charge is 0.453 e. The molecule has 0 radical (unpaired) electrons. The van der Waals surface area contributed by atoms with E-state index in [0.717, 1.165) is 0 Å². The summed E-state index contributed by atoms with van der Waals surface area (Å²) < 4.78 is 4.89. The molecule has 0 aliphatic carbocycles. The zero-order chi connectivity index (χ0) is 16.8. The minimum absolute atomic E-state index is 0.0333. The van der Waals surface area contributed by atoms with Crippen molar-refractivity contribution in [2.45, 2.75) is 32.0 Å². The van der Waals surface area contributed by atoms with Gasteiger partial charge in [0.25, 0.3) is 0 Å². The number of hydrogen-bond acceptors (Lipinski definition) is 4. The normalized spacial score (nSPS) is 33.7. The van der Waals surface area contributed by atoms with Crippen LogP contribution in [0.5, 0.6) is 0 Å². The number of aliphatic hydroxyl groups is 1. The smallest absolute Gasteiger partial charge is 0.410 e. The summed E-state index contributed by atoms with van der Waals surface area (Å²) in [5, 5.41) is 11.0. The molecule has 122 valence electrons. The van der Waals surface area contributed by atoms with Gasteiger partial charge in [0.15, 0.2) is 0 Å². The predicted molar refractivity (Wildman–Crippen MR) is 84.6 cm³/mol. The monoisotopic (exact) mass is 315 g/mol. The predicted octanol–water partition coefficient (Wildman–Crippen LogP) is 2.32. The fraction of sp³-hybridized carbons (Fsp3) is 0.444. The molecule has 2 heterocycles. The third-order valence-electron chi connectivity index (χ3n) is 5.25. The Morgan fingerprint density at radius 2 is 1.96 bits per heavy atom. The van der Waals surface area contributed by atoms with Crippen LogP contribution >= 0.6 is 0 Å². The highest BCUT2D eigenvalue weighted by Gasteiger charge is 2.60. The van der Waals surface area contributed by atoms with Crippen molar-refractivity contribution in [3.8, 4) is 0 Å². The Morgan fingerprint density at radius 3 is 2.57 bits per heavy atom. The Labute approximate surface area is 135 Å². The lowest BCUT2D eigenvalue weighted by molar-refractivity contribution is -0.151. The van der Waals surface area contributed by atoms with E-state index in [4.69, 9.17) is 4.74 Å². The number of ether oxygens (including phenoxy) is 1. The molecular weight excluding hydrogens is 294 g/mol. The van der Waals surface area contributed by atoms with Crippen LogP contribution in [0.4, 0.5) is 4.79 Å².